The lowest BCUT2D eigenvalue weighted by atomic mass is 9.95. The third kappa shape index (κ3) is 3.18. The Morgan fingerprint density at radius 3 is 2.45 bits per heavy atom. The minimum Gasteiger partial charge on any atom is -0.393 e. The smallest absolute Gasteiger partial charge is 0.0592 e. The number of ether oxygens (including phenoxy) is 1. The van der Waals surface area contributed by atoms with Crippen molar-refractivity contribution in [3.8, 4) is 0 Å². The fourth-order valence-electron chi connectivity index (χ4n) is 1.45. The molecule has 0 aromatic heterocycles. The standard InChI is InChI=1S/C8H17NO2/c9-5-6-11-8-3-1-7(10)2-4-8/h7-8,10H,1-6,9H2. The Hall–Kier alpha value is -0.120. The van der Waals surface area contributed by atoms with Crippen molar-refractivity contribution in [3.05, 3.63) is 0 Å². The van der Waals surface area contributed by atoms with Crippen LogP contribution in [0.1, 0.15) is 25.7 Å². The van der Waals surface area contributed by atoms with E-state index in [0.717, 1.165) is 25.7 Å². The highest BCUT2D eigenvalue weighted by molar-refractivity contribution is 4.71. The zero-order chi connectivity index (χ0) is 8.10. The van der Waals surface area contributed by atoms with Crippen molar-refractivity contribution < 1.29 is 9.84 Å². The van der Waals surface area contributed by atoms with Crippen LogP contribution in [-0.4, -0.2) is 30.5 Å². The molecule has 1 aliphatic rings. The molecule has 0 unspecified atom stereocenters. The van der Waals surface area contributed by atoms with Gasteiger partial charge in [-0.15, -0.1) is 0 Å². The molecule has 0 saturated heterocycles. The summed E-state index contributed by atoms with van der Waals surface area (Å²) >= 11 is 0. The lowest BCUT2D eigenvalue weighted by Gasteiger charge is -2.25. The van der Waals surface area contributed by atoms with Gasteiger partial charge in [0.15, 0.2) is 0 Å². The van der Waals surface area contributed by atoms with Crippen molar-refractivity contribution in [3.63, 3.8) is 0 Å². The van der Waals surface area contributed by atoms with Gasteiger partial charge in [0.2, 0.25) is 0 Å². The van der Waals surface area contributed by atoms with E-state index in [1.165, 1.54) is 0 Å². The number of nitrogens with two attached hydrogens (primary N) is 1. The number of aliphatic hydroxyl groups excluding tert-OH is 1. The summed E-state index contributed by atoms with van der Waals surface area (Å²) in [5, 5.41) is 9.17. The third-order valence-electron chi connectivity index (χ3n) is 2.12. The molecule has 11 heavy (non-hydrogen) atoms. The molecule has 3 heteroatoms. The minimum absolute atomic E-state index is 0.0901. The van der Waals surface area contributed by atoms with Gasteiger partial charge in [0, 0.05) is 6.54 Å². The highest BCUT2D eigenvalue weighted by Gasteiger charge is 2.18. The van der Waals surface area contributed by atoms with Crippen LogP contribution >= 0.6 is 0 Å². The van der Waals surface area contributed by atoms with E-state index in [-0.39, 0.29) is 6.10 Å². The zero-order valence-electron chi connectivity index (χ0n) is 6.83. The van der Waals surface area contributed by atoms with Gasteiger partial charge >= 0.3 is 0 Å². The summed E-state index contributed by atoms with van der Waals surface area (Å²) in [6.07, 6.45) is 4.00. The van der Waals surface area contributed by atoms with Crippen LogP contribution in [0.4, 0.5) is 0 Å². The molecule has 0 amide bonds. The van der Waals surface area contributed by atoms with Gasteiger partial charge in [0.05, 0.1) is 18.8 Å². The fraction of sp³-hybridized carbons (Fsp3) is 1.00. The summed E-state index contributed by atoms with van der Waals surface area (Å²) in [4.78, 5) is 0. The van der Waals surface area contributed by atoms with E-state index in [1.54, 1.807) is 0 Å². The Balaban J connectivity index is 2.07. The van der Waals surface area contributed by atoms with Crippen LogP contribution < -0.4 is 5.73 Å². The lowest BCUT2D eigenvalue weighted by Crippen LogP contribution is -2.26. The molecule has 0 bridgehead atoms. The van der Waals surface area contributed by atoms with Gasteiger partial charge in [-0.05, 0) is 25.7 Å². The van der Waals surface area contributed by atoms with Crippen LogP contribution in [0.15, 0.2) is 0 Å². The second-order valence-electron chi connectivity index (χ2n) is 3.09. The summed E-state index contributed by atoms with van der Waals surface area (Å²) in [5.74, 6) is 0. The molecule has 1 rings (SSSR count). The molecule has 1 saturated carbocycles. The predicted octanol–water partition coefficient (Wildman–Crippen LogP) is 0.265. The minimum atomic E-state index is -0.0901. The summed E-state index contributed by atoms with van der Waals surface area (Å²) < 4.78 is 5.44. The normalized spacial score (nSPS) is 32.2. The Morgan fingerprint density at radius 1 is 1.27 bits per heavy atom. The molecule has 0 spiro atoms. The molecular formula is C8H17NO2. The second kappa shape index (κ2) is 4.70. The molecule has 0 radical (unpaired) electrons. The van der Waals surface area contributed by atoms with Crippen LogP contribution in [0.25, 0.3) is 0 Å². The van der Waals surface area contributed by atoms with Crippen molar-refractivity contribution in [2.75, 3.05) is 13.2 Å². The van der Waals surface area contributed by atoms with Crippen molar-refractivity contribution >= 4 is 0 Å². The molecule has 3 N–H and O–H groups in total. The highest BCUT2D eigenvalue weighted by atomic mass is 16.5. The first-order valence-corrected chi connectivity index (χ1v) is 4.32. The number of rotatable bonds is 3. The van der Waals surface area contributed by atoms with Gasteiger partial charge < -0.3 is 15.6 Å². The van der Waals surface area contributed by atoms with Crippen molar-refractivity contribution in [2.24, 2.45) is 5.73 Å². The summed E-state index contributed by atoms with van der Waals surface area (Å²) in [6, 6.07) is 0. The summed E-state index contributed by atoms with van der Waals surface area (Å²) in [6.45, 7) is 1.25. The zero-order valence-corrected chi connectivity index (χ0v) is 6.83. The Kier molecular flexibility index (Phi) is 3.83. The molecule has 1 fully saturated rings. The molecule has 0 aliphatic heterocycles. The topological polar surface area (TPSA) is 55.5 Å². The first kappa shape index (κ1) is 8.97. The summed E-state index contributed by atoms with van der Waals surface area (Å²) in [5.41, 5.74) is 5.30. The van der Waals surface area contributed by atoms with Crippen LogP contribution in [-0.2, 0) is 4.74 Å². The maximum Gasteiger partial charge on any atom is 0.0592 e. The molecule has 0 aromatic carbocycles. The average molecular weight is 159 g/mol. The maximum atomic E-state index is 9.17. The molecule has 3 nitrogen and oxygen atoms in total. The van der Waals surface area contributed by atoms with Crippen LogP contribution in [0, 0.1) is 0 Å². The number of hydrogen-bond donors (Lipinski definition) is 2. The molecular weight excluding hydrogens is 142 g/mol. The van der Waals surface area contributed by atoms with E-state index in [0.29, 0.717) is 19.3 Å². The van der Waals surface area contributed by atoms with Crippen molar-refractivity contribution in [2.45, 2.75) is 37.9 Å². The van der Waals surface area contributed by atoms with E-state index >= 15 is 0 Å². The van der Waals surface area contributed by atoms with Gasteiger partial charge in [-0.2, -0.15) is 0 Å². The number of hydrogen-bond acceptors (Lipinski definition) is 3. The van der Waals surface area contributed by atoms with Crippen molar-refractivity contribution in [1.82, 2.24) is 0 Å². The molecule has 0 aromatic rings. The van der Waals surface area contributed by atoms with Crippen LogP contribution in [0.5, 0.6) is 0 Å². The van der Waals surface area contributed by atoms with Crippen molar-refractivity contribution in [1.29, 1.82) is 0 Å². The van der Waals surface area contributed by atoms with Crippen LogP contribution in [0.2, 0.25) is 0 Å². The van der Waals surface area contributed by atoms with Crippen LogP contribution in [0.3, 0.4) is 0 Å². The predicted molar refractivity (Wildman–Crippen MR) is 43.3 cm³/mol. The van der Waals surface area contributed by atoms with Gasteiger partial charge in [0.1, 0.15) is 0 Å². The number of aliphatic hydroxyl groups is 1. The van der Waals surface area contributed by atoms with Gasteiger partial charge in [-0.25, -0.2) is 0 Å². The molecule has 0 heterocycles. The Labute approximate surface area is 67.5 Å². The average Bonchev–Trinajstić information content (AvgIpc) is 2.04. The second-order valence-corrected chi connectivity index (χ2v) is 3.09. The SMILES string of the molecule is NCCOC1CCC(O)CC1. The fourth-order valence-corrected chi connectivity index (χ4v) is 1.45. The highest BCUT2D eigenvalue weighted by Crippen LogP contribution is 2.20. The molecule has 0 atom stereocenters. The van der Waals surface area contributed by atoms with E-state index in [1.807, 2.05) is 0 Å². The lowest BCUT2D eigenvalue weighted by molar-refractivity contribution is 0.000283. The van der Waals surface area contributed by atoms with E-state index < -0.39 is 0 Å². The van der Waals surface area contributed by atoms with Gasteiger partial charge in [-0.3, -0.25) is 0 Å². The van der Waals surface area contributed by atoms with E-state index in [9.17, 15) is 5.11 Å². The largest absolute Gasteiger partial charge is 0.393 e. The Bertz CT molecular complexity index is 97.5. The Morgan fingerprint density at radius 2 is 1.91 bits per heavy atom. The first-order chi connectivity index (χ1) is 5.33. The van der Waals surface area contributed by atoms with E-state index in [4.69, 9.17) is 10.5 Å². The monoisotopic (exact) mass is 159 g/mol. The molecule has 1 aliphatic carbocycles. The van der Waals surface area contributed by atoms with Gasteiger partial charge in [-0.1, -0.05) is 0 Å². The van der Waals surface area contributed by atoms with E-state index in [2.05, 4.69) is 0 Å². The maximum absolute atomic E-state index is 9.17. The first-order valence-electron chi connectivity index (χ1n) is 4.32. The molecule has 66 valence electrons. The van der Waals surface area contributed by atoms with Gasteiger partial charge in [0.25, 0.3) is 0 Å². The quantitative estimate of drug-likeness (QED) is 0.621. The summed E-state index contributed by atoms with van der Waals surface area (Å²) in [7, 11) is 0. The third-order valence-corrected chi connectivity index (χ3v) is 2.12.